The van der Waals surface area contributed by atoms with Crippen molar-refractivity contribution in [2.45, 2.75) is 6.92 Å². The van der Waals surface area contributed by atoms with Gasteiger partial charge in [0.15, 0.2) is 11.5 Å². The van der Waals surface area contributed by atoms with Gasteiger partial charge in [0.2, 0.25) is 0 Å². The molecular formula is C13H14ClNO5. The van der Waals surface area contributed by atoms with Crippen molar-refractivity contribution >= 4 is 23.5 Å². The van der Waals surface area contributed by atoms with Crippen LogP contribution in [0.1, 0.15) is 17.3 Å². The minimum absolute atomic E-state index is 0.196. The van der Waals surface area contributed by atoms with Crippen molar-refractivity contribution in [1.82, 2.24) is 5.32 Å². The molecule has 6 nitrogen and oxygen atoms in total. The van der Waals surface area contributed by atoms with Crippen molar-refractivity contribution in [3.8, 4) is 11.5 Å². The van der Waals surface area contributed by atoms with E-state index in [1.165, 1.54) is 12.1 Å². The molecular weight excluding hydrogens is 286 g/mol. The highest BCUT2D eigenvalue weighted by molar-refractivity contribution is 6.32. The van der Waals surface area contributed by atoms with E-state index in [2.05, 4.69) is 5.32 Å². The first-order valence-corrected chi connectivity index (χ1v) is 6.52. The Balaban J connectivity index is 2.07. The Hall–Kier alpha value is -1.95. The molecule has 0 aliphatic carbocycles. The molecule has 0 saturated heterocycles. The van der Waals surface area contributed by atoms with Gasteiger partial charge >= 0.3 is 5.97 Å². The number of rotatable bonds is 4. The maximum atomic E-state index is 11.9. The lowest BCUT2D eigenvalue weighted by molar-refractivity contribution is -0.141. The largest absolute Gasteiger partial charge is 0.486 e. The molecule has 1 amide bonds. The summed E-state index contributed by atoms with van der Waals surface area (Å²) in [5.41, 5.74) is 0.295. The summed E-state index contributed by atoms with van der Waals surface area (Å²) in [6, 6.07) is 3.00. The van der Waals surface area contributed by atoms with Gasteiger partial charge in [-0.2, -0.15) is 0 Å². The molecule has 20 heavy (non-hydrogen) atoms. The van der Waals surface area contributed by atoms with Crippen molar-refractivity contribution in [2.24, 2.45) is 0 Å². The number of ether oxygens (including phenoxy) is 3. The predicted octanol–water partition coefficient (Wildman–Crippen LogP) is 1.40. The molecule has 108 valence electrons. The molecule has 0 saturated carbocycles. The van der Waals surface area contributed by atoms with E-state index in [0.29, 0.717) is 35.3 Å². The lowest BCUT2D eigenvalue weighted by Gasteiger charge is -2.20. The van der Waals surface area contributed by atoms with E-state index in [-0.39, 0.29) is 13.2 Å². The average Bonchev–Trinajstić information content (AvgIpc) is 2.45. The van der Waals surface area contributed by atoms with Crippen molar-refractivity contribution < 1.29 is 23.8 Å². The fourth-order valence-corrected chi connectivity index (χ4v) is 1.97. The zero-order chi connectivity index (χ0) is 14.5. The molecule has 1 aliphatic rings. The first kappa shape index (κ1) is 14.5. The van der Waals surface area contributed by atoms with Crippen LogP contribution in [0.3, 0.4) is 0 Å². The van der Waals surface area contributed by atoms with Gasteiger partial charge in [0.05, 0.1) is 11.6 Å². The standard InChI is InChI=1S/C13H14ClNO5/c1-2-18-11(16)7-15-13(17)8-5-9(14)12-10(6-8)19-3-4-20-12/h5-6H,2-4,7H2,1H3,(H,15,17). The van der Waals surface area contributed by atoms with Crippen LogP contribution < -0.4 is 14.8 Å². The van der Waals surface area contributed by atoms with E-state index in [9.17, 15) is 9.59 Å². The van der Waals surface area contributed by atoms with Crippen LogP contribution in [0.2, 0.25) is 5.02 Å². The number of hydrogen-bond donors (Lipinski definition) is 1. The number of fused-ring (bicyclic) bond motifs is 1. The highest BCUT2D eigenvalue weighted by atomic mass is 35.5. The number of esters is 1. The molecule has 1 heterocycles. The minimum atomic E-state index is -0.496. The second kappa shape index (κ2) is 6.47. The number of benzene rings is 1. The molecule has 1 N–H and O–H groups in total. The molecule has 0 bridgehead atoms. The molecule has 7 heteroatoms. The summed E-state index contributed by atoms with van der Waals surface area (Å²) in [6.07, 6.45) is 0. The van der Waals surface area contributed by atoms with E-state index in [1.54, 1.807) is 6.92 Å². The number of nitrogens with one attached hydrogen (secondary N) is 1. The lowest BCUT2D eigenvalue weighted by Crippen LogP contribution is -2.30. The predicted molar refractivity (Wildman–Crippen MR) is 71.4 cm³/mol. The third-order valence-electron chi connectivity index (χ3n) is 2.56. The van der Waals surface area contributed by atoms with E-state index in [0.717, 1.165) is 0 Å². The van der Waals surface area contributed by atoms with Crippen LogP contribution in [0.5, 0.6) is 11.5 Å². The van der Waals surface area contributed by atoms with Crippen molar-refractivity contribution in [1.29, 1.82) is 0 Å². The quantitative estimate of drug-likeness (QED) is 0.851. The molecule has 0 fully saturated rings. The Bertz CT molecular complexity index is 532. The molecule has 0 spiro atoms. The summed E-state index contributed by atoms with van der Waals surface area (Å²) in [5.74, 6) is -0.0775. The number of carbonyl (C=O) groups excluding carboxylic acids is 2. The third kappa shape index (κ3) is 3.33. The molecule has 1 aromatic rings. The van der Waals surface area contributed by atoms with Crippen molar-refractivity contribution in [3.05, 3.63) is 22.7 Å². The Morgan fingerprint density at radius 1 is 1.35 bits per heavy atom. The second-order valence-corrected chi connectivity index (χ2v) is 4.38. The fourth-order valence-electron chi connectivity index (χ4n) is 1.71. The number of halogens is 1. The zero-order valence-electron chi connectivity index (χ0n) is 10.9. The van der Waals surface area contributed by atoms with E-state index < -0.39 is 11.9 Å². The van der Waals surface area contributed by atoms with Crippen LogP contribution in [0.25, 0.3) is 0 Å². The topological polar surface area (TPSA) is 73.9 Å². The summed E-state index contributed by atoms with van der Waals surface area (Å²) >= 11 is 6.03. The van der Waals surface area contributed by atoms with Crippen LogP contribution >= 0.6 is 11.6 Å². The normalized spacial score (nSPS) is 12.7. The third-order valence-corrected chi connectivity index (χ3v) is 2.84. The smallest absolute Gasteiger partial charge is 0.325 e. The average molecular weight is 300 g/mol. The van der Waals surface area contributed by atoms with Crippen molar-refractivity contribution in [2.75, 3.05) is 26.4 Å². The van der Waals surface area contributed by atoms with E-state index in [1.807, 2.05) is 0 Å². The second-order valence-electron chi connectivity index (χ2n) is 3.97. The number of amides is 1. The Morgan fingerprint density at radius 3 is 2.85 bits per heavy atom. The van der Waals surface area contributed by atoms with Crippen LogP contribution in [0.15, 0.2) is 12.1 Å². The van der Waals surface area contributed by atoms with Gasteiger partial charge in [0, 0.05) is 5.56 Å². The van der Waals surface area contributed by atoms with Gasteiger partial charge in [0.25, 0.3) is 5.91 Å². The summed E-state index contributed by atoms with van der Waals surface area (Å²) in [5, 5.41) is 2.74. The van der Waals surface area contributed by atoms with E-state index >= 15 is 0 Å². The molecule has 1 aliphatic heterocycles. The van der Waals surface area contributed by atoms with Gasteiger partial charge in [0.1, 0.15) is 19.8 Å². The highest BCUT2D eigenvalue weighted by Gasteiger charge is 2.19. The van der Waals surface area contributed by atoms with Crippen molar-refractivity contribution in [3.63, 3.8) is 0 Å². The van der Waals surface area contributed by atoms with Gasteiger partial charge in [-0.25, -0.2) is 0 Å². The van der Waals surface area contributed by atoms with Gasteiger partial charge in [-0.05, 0) is 19.1 Å². The first-order chi connectivity index (χ1) is 9.61. The molecule has 0 atom stereocenters. The molecule has 0 unspecified atom stereocenters. The maximum absolute atomic E-state index is 11.9. The Kier molecular flexibility index (Phi) is 4.68. The van der Waals surface area contributed by atoms with Gasteiger partial charge in [-0.1, -0.05) is 11.6 Å². The molecule has 1 aromatic carbocycles. The van der Waals surface area contributed by atoms with Gasteiger partial charge in [-0.3, -0.25) is 9.59 Å². The minimum Gasteiger partial charge on any atom is -0.486 e. The van der Waals surface area contributed by atoms with Crippen LogP contribution in [0.4, 0.5) is 0 Å². The monoisotopic (exact) mass is 299 g/mol. The lowest BCUT2D eigenvalue weighted by atomic mass is 10.2. The fraction of sp³-hybridized carbons (Fsp3) is 0.385. The Morgan fingerprint density at radius 2 is 2.10 bits per heavy atom. The SMILES string of the molecule is CCOC(=O)CNC(=O)c1cc(Cl)c2c(c1)OCCO2. The van der Waals surface area contributed by atoms with Crippen LogP contribution in [-0.2, 0) is 9.53 Å². The maximum Gasteiger partial charge on any atom is 0.325 e. The molecule has 2 rings (SSSR count). The zero-order valence-corrected chi connectivity index (χ0v) is 11.7. The summed E-state index contributed by atoms with van der Waals surface area (Å²) in [4.78, 5) is 23.1. The number of hydrogen-bond acceptors (Lipinski definition) is 5. The summed E-state index contributed by atoms with van der Waals surface area (Å²) in [6.45, 7) is 2.59. The molecule has 0 radical (unpaired) electrons. The molecule has 0 aromatic heterocycles. The Labute approximate surface area is 120 Å². The summed E-state index contributed by atoms with van der Waals surface area (Å²) < 4.78 is 15.5. The highest BCUT2D eigenvalue weighted by Crippen LogP contribution is 2.38. The van der Waals surface area contributed by atoms with Gasteiger partial charge in [-0.15, -0.1) is 0 Å². The van der Waals surface area contributed by atoms with Crippen LogP contribution in [0, 0.1) is 0 Å². The summed E-state index contributed by atoms with van der Waals surface area (Å²) in [7, 11) is 0. The van der Waals surface area contributed by atoms with E-state index in [4.69, 9.17) is 25.8 Å². The number of carbonyl (C=O) groups is 2. The van der Waals surface area contributed by atoms with Gasteiger partial charge < -0.3 is 19.5 Å². The van der Waals surface area contributed by atoms with Crippen LogP contribution in [-0.4, -0.2) is 38.2 Å². The first-order valence-electron chi connectivity index (χ1n) is 6.14.